The van der Waals surface area contributed by atoms with Crippen LogP contribution < -0.4 is 14.4 Å². The zero-order valence-electron chi connectivity index (χ0n) is 20.2. The Bertz CT molecular complexity index is 1350. The summed E-state index contributed by atoms with van der Waals surface area (Å²) < 4.78 is 43.9. The van der Waals surface area contributed by atoms with Crippen LogP contribution in [0, 0.1) is 11.6 Å². The third-order valence-electron chi connectivity index (χ3n) is 6.21. The molecule has 3 atom stereocenters. The standard InChI is InChI=1S/C30H25F2NO5/c31-22-8-12-24(13-9-22)33-28(21-6-14-25(15-7-21)36-18-20-4-2-1-3-5-20)29(38-30(33)35)27(34)19-37-26-16-10-23(32)11-17-26/h1-17,27-29,34H,18-19H2. The minimum Gasteiger partial charge on any atom is -0.491 e. The Morgan fingerprint density at radius 2 is 1.37 bits per heavy atom. The number of hydrogen-bond donors (Lipinski definition) is 1. The van der Waals surface area contributed by atoms with Gasteiger partial charge >= 0.3 is 6.09 Å². The van der Waals surface area contributed by atoms with Crippen molar-refractivity contribution in [2.75, 3.05) is 11.5 Å². The molecule has 194 valence electrons. The highest BCUT2D eigenvalue weighted by molar-refractivity contribution is 5.91. The van der Waals surface area contributed by atoms with Gasteiger partial charge in [-0.25, -0.2) is 13.6 Å². The molecular weight excluding hydrogens is 492 g/mol. The average molecular weight is 518 g/mol. The van der Waals surface area contributed by atoms with Gasteiger partial charge in [-0.2, -0.15) is 0 Å². The number of carbonyl (C=O) groups excluding carboxylic acids is 1. The number of anilines is 1. The van der Waals surface area contributed by atoms with Crippen molar-refractivity contribution in [2.24, 2.45) is 0 Å². The summed E-state index contributed by atoms with van der Waals surface area (Å²) in [5, 5.41) is 11.0. The Hall–Kier alpha value is -4.43. The first-order chi connectivity index (χ1) is 18.5. The average Bonchev–Trinajstić information content (AvgIpc) is 3.29. The van der Waals surface area contributed by atoms with Crippen LogP contribution in [0.3, 0.4) is 0 Å². The summed E-state index contributed by atoms with van der Waals surface area (Å²) >= 11 is 0. The predicted molar refractivity (Wildman–Crippen MR) is 137 cm³/mol. The number of ether oxygens (including phenoxy) is 3. The number of nitrogens with zero attached hydrogens (tertiary/aromatic N) is 1. The van der Waals surface area contributed by atoms with Gasteiger partial charge in [0.2, 0.25) is 0 Å². The van der Waals surface area contributed by atoms with Crippen molar-refractivity contribution in [1.29, 1.82) is 0 Å². The summed E-state index contributed by atoms with van der Waals surface area (Å²) in [4.78, 5) is 14.4. The zero-order valence-corrected chi connectivity index (χ0v) is 20.2. The van der Waals surface area contributed by atoms with Crippen LogP contribution in [0.5, 0.6) is 11.5 Å². The van der Waals surface area contributed by atoms with Crippen LogP contribution in [0.25, 0.3) is 0 Å². The smallest absolute Gasteiger partial charge is 0.415 e. The van der Waals surface area contributed by atoms with Crippen LogP contribution in [0.15, 0.2) is 103 Å². The molecule has 0 aromatic heterocycles. The fourth-order valence-corrected chi connectivity index (χ4v) is 4.30. The Labute approximate surface area is 218 Å². The summed E-state index contributed by atoms with van der Waals surface area (Å²) in [6, 6.07) is 27.0. The molecule has 8 heteroatoms. The number of aliphatic hydroxyl groups is 1. The molecule has 0 aliphatic carbocycles. The lowest BCUT2D eigenvalue weighted by atomic mass is 9.96. The summed E-state index contributed by atoms with van der Waals surface area (Å²) in [7, 11) is 0. The number of cyclic esters (lactones) is 1. The van der Waals surface area contributed by atoms with Crippen molar-refractivity contribution >= 4 is 11.8 Å². The first-order valence-corrected chi connectivity index (χ1v) is 12.1. The number of hydrogen-bond acceptors (Lipinski definition) is 5. The maximum atomic E-state index is 13.6. The van der Waals surface area contributed by atoms with Gasteiger partial charge in [0.25, 0.3) is 0 Å². The number of halogens is 2. The van der Waals surface area contributed by atoms with Crippen LogP contribution in [0.4, 0.5) is 19.3 Å². The van der Waals surface area contributed by atoms with E-state index in [0.717, 1.165) is 5.56 Å². The van der Waals surface area contributed by atoms with Gasteiger partial charge in [-0.1, -0.05) is 42.5 Å². The van der Waals surface area contributed by atoms with Crippen molar-refractivity contribution < 1.29 is 32.9 Å². The van der Waals surface area contributed by atoms with E-state index in [1.54, 1.807) is 24.3 Å². The number of benzene rings is 4. The van der Waals surface area contributed by atoms with Gasteiger partial charge in [0.1, 0.15) is 48.5 Å². The van der Waals surface area contributed by atoms with Crippen LogP contribution in [0.1, 0.15) is 17.2 Å². The SMILES string of the molecule is O=C1OC(C(O)COc2ccc(F)cc2)C(c2ccc(OCc3ccccc3)cc2)N1c1ccc(F)cc1. The molecule has 0 radical (unpaired) electrons. The van der Waals surface area contributed by atoms with Crippen LogP contribution >= 0.6 is 0 Å². The predicted octanol–water partition coefficient (Wildman–Crippen LogP) is 6.05. The molecule has 0 spiro atoms. The van der Waals surface area contributed by atoms with E-state index in [4.69, 9.17) is 14.2 Å². The monoisotopic (exact) mass is 517 g/mol. The minimum atomic E-state index is -1.21. The van der Waals surface area contributed by atoms with Crippen LogP contribution in [0.2, 0.25) is 0 Å². The fourth-order valence-electron chi connectivity index (χ4n) is 4.30. The van der Waals surface area contributed by atoms with E-state index in [1.807, 2.05) is 30.3 Å². The van der Waals surface area contributed by atoms with Gasteiger partial charge in [-0.3, -0.25) is 4.90 Å². The van der Waals surface area contributed by atoms with Crippen LogP contribution in [-0.2, 0) is 11.3 Å². The molecule has 6 nitrogen and oxygen atoms in total. The summed E-state index contributed by atoms with van der Waals surface area (Å²) in [6.07, 6.45) is -2.89. The second-order valence-corrected chi connectivity index (χ2v) is 8.82. The van der Waals surface area contributed by atoms with Crippen molar-refractivity contribution in [1.82, 2.24) is 0 Å². The normalized spacial score (nSPS) is 17.7. The van der Waals surface area contributed by atoms with Crippen molar-refractivity contribution in [3.8, 4) is 11.5 Å². The molecule has 4 aromatic rings. The van der Waals surface area contributed by atoms with Gasteiger partial charge in [0, 0.05) is 5.69 Å². The van der Waals surface area contributed by atoms with E-state index in [1.165, 1.54) is 53.4 Å². The molecule has 0 saturated carbocycles. The number of carbonyl (C=O) groups is 1. The zero-order chi connectivity index (χ0) is 26.5. The molecule has 1 fully saturated rings. The molecule has 3 unspecified atom stereocenters. The van der Waals surface area contributed by atoms with Crippen molar-refractivity contribution in [3.63, 3.8) is 0 Å². The Morgan fingerprint density at radius 1 is 0.789 bits per heavy atom. The van der Waals surface area contributed by atoms with E-state index in [0.29, 0.717) is 29.4 Å². The van der Waals surface area contributed by atoms with E-state index < -0.39 is 36.0 Å². The summed E-state index contributed by atoms with van der Waals surface area (Å²) in [6.45, 7) is 0.199. The fraction of sp³-hybridized carbons (Fsp3) is 0.167. The highest BCUT2D eigenvalue weighted by Crippen LogP contribution is 2.39. The number of rotatable bonds is 9. The van der Waals surface area contributed by atoms with E-state index >= 15 is 0 Å². The minimum absolute atomic E-state index is 0.199. The lowest BCUT2D eigenvalue weighted by molar-refractivity contribution is -0.00647. The van der Waals surface area contributed by atoms with Gasteiger partial charge < -0.3 is 19.3 Å². The Kier molecular flexibility index (Phi) is 7.51. The molecule has 1 aliphatic heterocycles. The van der Waals surface area contributed by atoms with Gasteiger partial charge in [0.05, 0.1) is 0 Å². The molecule has 1 heterocycles. The molecule has 4 aromatic carbocycles. The lowest BCUT2D eigenvalue weighted by Gasteiger charge is -2.27. The number of amides is 1. The quantitative estimate of drug-likeness (QED) is 0.293. The Balaban J connectivity index is 1.37. The lowest BCUT2D eigenvalue weighted by Crippen LogP contribution is -2.38. The molecule has 1 amide bonds. The highest BCUT2D eigenvalue weighted by atomic mass is 19.1. The van der Waals surface area contributed by atoms with Crippen molar-refractivity contribution in [3.05, 3.63) is 126 Å². The number of aliphatic hydroxyl groups excluding tert-OH is 1. The van der Waals surface area contributed by atoms with E-state index in [2.05, 4.69) is 0 Å². The third-order valence-corrected chi connectivity index (χ3v) is 6.21. The molecule has 5 rings (SSSR count). The Morgan fingerprint density at radius 3 is 2.03 bits per heavy atom. The molecule has 38 heavy (non-hydrogen) atoms. The summed E-state index contributed by atoms with van der Waals surface area (Å²) in [5.41, 5.74) is 2.12. The topological polar surface area (TPSA) is 68.2 Å². The third kappa shape index (κ3) is 5.76. The molecule has 1 N–H and O–H groups in total. The second-order valence-electron chi connectivity index (χ2n) is 8.82. The molecule has 1 aliphatic rings. The first-order valence-electron chi connectivity index (χ1n) is 12.1. The molecule has 0 bridgehead atoms. The summed E-state index contributed by atoms with van der Waals surface area (Å²) in [5.74, 6) is 0.144. The largest absolute Gasteiger partial charge is 0.491 e. The second kappa shape index (κ2) is 11.3. The van der Waals surface area contributed by atoms with Crippen LogP contribution in [-0.4, -0.2) is 30.0 Å². The van der Waals surface area contributed by atoms with Gasteiger partial charge in [-0.15, -0.1) is 0 Å². The maximum Gasteiger partial charge on any atom is 0.415 e. The molecular formula is C30H25F2NO5. The highest BCUT2D eigenvalue weighted by Gasteiger charge is 2.47. The van der Waals surface area contributed by atoms with E-state index in [-0.39, 0.29) is 6.61 Å². The van der Waals surface area contributed by atoms with Gasteiger partial charge in [0.15, 0.2) is 6.10 Å². The molecule has 1 saturated heterocycles. The van der Waals surface area contributed by atoms with Crippen molar-refractivity contribution in [2.45, 2.75) is 24.9 Å². The first kappa shape index (κ1) is 25.2. The van der Waals surface area contributed by atoms with E-state index in [9.17, 15) is 18.7 Å². The van der Waals surface area contributed by atoms with Gasteiger partial charge in [-0.05, 0) is 71.8 Å². The maximum absolute atomic E-state index is 13.6.